The van der Waals surface area contributed by atoms with Crippen LogP contribution in [0.1, 0.15) is 16.5 Å². The summed E-state index contributed by atoms with van der Waals surface area (Å²) in [5.74, 6) is 5.57. The molecule has 0 bridgehead atoms. The van der Waals surface area contributed by atoms with Crippen LogP contribution in [0.2, 0.25) is 0 Å². The molecule has 3 N–H and O–H groups in total. The summed E-state index contributed by atoms with van der Waals surface area (Å²) < 4.78 is 1.17. The molecule has 0 radical (unpaired) electrons. The predicted octanol–water partition coefficient (Wildman–Crippen LogP) is 3.32. The van der Waals surface area contributed by atoms with Gasteiger partial charge < -0.3 is 0 Å². The fourth-order valence-corrected chi connectivity index (χ4v) is 3.65. The van der Waals surface area contributed by atoms with Crippen molar-refractivity contribution in [2.24, 2.45) is 5.84 Å². The summed E-state index contributed by atoms with van der Waals surface area (Å²) in [6, 6.07) is 6.52. The summed E-state index contributed by atoms with van der Waals surface area (Å²) in [6.45, 7) is 0. The normalized spacial score (nSPS) is 12.9. The van der Waals surface area contributed by atoms with Gasteiger partial charge in [-0.1, -0.05) is 0 Å². The van der Waals surface area contributed by atoms with Crippen molar-refractivity contribution in [3.63, 3.8) is 0 Å². The lowest BCUT2D eigenvalue weighted by Gasteiger charge is -2.12. The Morgan fingerprint density at radius 2 is 2.27 bits per heavy atom. The average Bonchev–Trinajstić information content (AvgIpc) is 2.85. The molecule has 2 aromatic rings. The second-order valence-electron chi connectivity index (χ2n) is 3.19. The zero-order chi connectivity index (χ0) is 10.7. The van der Waals surface area contributed by atoms with Crippen molar-refractivity contribution in [1.29, 1.82) is 0 Å². The first kappa shape index (κ1) is 11.3. The van der Waals surface area contributed by atoms with Crippen LogP contribution in [0.25, 0.3) is 0 Å². The summed E-state index contributed by atoms with van der Waals surface area (Å²) in [5, 5.41) is 4.21. The third kappa shape index (κ3) is 2.89. The van der Waals surface area contributed by atoms with E-state index in [0.717, 1.165) is 6.42 Å². The molecule has 0 aliphatic carbocycles. The number of halogens is 1. The Morgan fingerprint density at radius 3 is 2.80 bits per heavy atom. The molecule has 0 aromatic carbocycles. The standard InChI is InChI=1S/C10H11BrN2S2/c11-10-2-1-8(15-10)5-9(13-12)7-3-4-14-6-7/h1-4,6,9,13H,5,12H2. The molecule has 0 aliphatic heterocycles. The van der Waals surface area contributed by atoms with Crippen LogP contribution >= 0.6 is 38.6 Å². The van der Waals surface area contributed by atoms with Gasteiger partial charge in [0.1, 0.15) is 0 Å². The van der Waals surface area contributed by atoms with Gasteiger partial charge in [0.15, 0.2) is 0 Å². The number of nitrogens with one attached hydrogen (secondary N) is 1. The van der Waals surface area contributed by atoms with Crippen molar-refractivity contribution in [2.45, 2.75) is 12.5 Å². The van der Waals surface area contributed by atoms with Gasteiger partial charge in [-0.05, 0) is 50.5 Å². The molecule has 0 fully saturated rings. The third-order valence-corrected chi connectivity index (χ3v) is 4.53. The van der Waals surface area contributed by atoms with Crippen molar-refractivity contribution < 1.29 is 0 Å². The molecule has 0 saturated carbocycles. The predicted molar refractivity (Wildman–Crippen MR) is 70.1 cm³/mol. The lowest BCUT2D eigenvalue weighted by atomic mass is 10.1. The molecule has 5 heteroatoms. The van der Waals surface area contributed by atoms with E-state index in [0.29, 0.717) is 0 Å². The van der Waals surface area contributed by atoms with E-state index in [1.165, 1.54) is 14.2 Å². The van der Waals surface area contributed by atoms with Crippen LogP contribution < -0.4 is 11.3 Å². The molecule has 2 heterocycles. The van der Waals surface area contributed by atoms with Crippen molar-refractivity contribution in [2.75, 3.05) is 0 Å². The number of nitrogens with two attached hydrogens (primary N) is 1. The van der Waals surface area contributed by atoms with Gasteiger partial charge >= 0.3 is 0 Å². The van der Waals surface area contributed by atoms with E-state index >= 15 is 0 Å². The van der Waals surface area contributed by atoms with E-state index < -0.39 is 0 Å². The molecule has 2 aromatic heterocycles. The quantitative estimate of drug-likeness (QED) is 0.672. The van der Waals surface area contributed by atoms with Crippen molar-refractivity contribution in [3.05, 3.63) is 43.2 Å². The Bertz CT molecular complexity index is 411. The highest BCUT2D eigenvalue weighted by Crippen LogP contribution is 2.27. The zero-order valence-corrected chi connectivity index (χ0v) is 11.2. The van der Waals surface area contributed by atoms with Gasteiger partial charge in [-0.2, -0.15) is 11.3 Å². The second kappa shape index (κ2) is 5.23. The van der Waals surface area contributed by atoms with Crippen molar-refractivity contribution >= 4 is 38.6 Å². The van der Waals surface area contributed by atoms with Gasteiger partial charge in [0, 0.05) is 11.3 Å². The highest BCUT2D eigenvalue weighted by molar-refractivity contribution is 9.11. The smallest absolute Gasteiger partial charge is 0.0701 e. The number of thiophene rings is 2. The van der Waals surface area contributed by atoms with Crippen LogP contribution in [0.3, 0.4) is 0 Å². The average molecular weight is 303 g/mol. The Balaban J connectivity index is 2.09. The number of hydrogen-bond acceptors (Lipinski definition) is 4. The van der Waals surface area contributed by atoms with Gasteiger partial charge in [-0.15, -0.1) is 11.3 Å². The minimum Gasteiger partial charge on any atom is -0.271 e. The molecule has 15 heavy (non-hydrogen) atoms. The Kier molecular flexibility index (Phi) is 3.93. The van der Waals surface area contributed by atoms with Crippen LogP contribution in [0, 0.1) is 0 Å². The molecule has 1 unspecified atom stereocenters. The molecule has 1 atom stereocenters. The molecular formula is C10H11BrN2S2. The van der Waals surface area contributed by atoms with Crippen LogP contribution in [-0.4, -0.2) is 0 Å². The van der Waals surface area contributed by atoms with E-state index in [-0.39, 0.29) is 6.04 Å². The summed E-state index contributed by atoms with van der Waals surface area (Å²) in [7, 11) is 0. The largest absolute Gasteiger partial charge is 0.271 e. The SMILES string of the molecule is NNC(Cc1ccc(Br)s1)c1ccsc1. The summed E-state index contributed by atoms with van der Waals surface area (Å²) >= 11 is 6.91. The highest BCUT2D eigenvalue weighted by Gasteiger charge is 2.11. The molecule has 2 nitrogen and oxygen atoms in total. The van der Waals surface area contributed by atoms with Crippen LogP contribution in [-0.2, 0) is 6.42 Å². The van der Waals surface area contributed by atoms with E-state index in [9.17, 15) is 0 Å². The van der Waals surface area contributed by atoms with E-state index in [4.69, 9.17) is 5.84 Å². The van der Waals surface area contributed by atoms with Crippen molar-refractivity contribution in [3.8, 4) is 0 Å². The maximum absolute atomic E-state index is 5.57. The molecule has 0 amide bonds. The number of rotatable bonds is 4. The van der Waals surface area contributed by atoms with Gasteiger partial charge in [-0.3, -0.25) is 11.3 Å². The van der Waals surface area contributed by atoms with Gasteiger partial charge in [0.25, 0.3) is 0 Å². The van der Waals surface area contributed by atoms with Crippen LogP contribution in [0.4, 0.5) is 0 Å². The molecule has 0 spiro atoms. The van der Waals surface area contributed by atoms with Crippen LogP contribution in [0.5, 0.6) is 0 Å². The van der Waals surface area contributed by atoms with Crippen molar-refractivity contribution in [1.82, 2.24) is 5.43 Å². The zero-order valence-electron chi connectivity index (χ0n) is 7.94. The molecule has 0 saturated heterocycles. The summed E-state index contributed by atoms with van der Waals surface area (Å²) in [5.41, 5.74) is 4.12. The topological polar surface area (TPSA) is 38.0 Å². The molecular weight excluding hydrogens is 292 g/mol. The van der Waals surface area contributed by atoms with Gasteiger partial charge in [0.2, 0.25) is 0 Å². The minimum absolute atomic E-state index is 0.210. The molecule has 2 rings (SSSR count). The fraction of sp³-hybridized carbons (Fsp3) is 0.200. The maximum atomic E-state index is 5.57. The minimum atomic E-state index is 0.210. The first-order chi connectivity index (χ1) is 7.29. The van der Waals surface area contributed by atoms with E-state index in [1.54, 1.807) is 22.7 Å². The Morgan fingerprint density at radius 1 is 1.40 bits per heavy atom. The Hall–Kier alpha value is -0.200. The molecule has 80 valence electrons. The summed E-state index contributed by atoms with van der Waals surface area (Å²) in [6.07, 6.45) is 0.934. The Labute approximate surface area is 105 Å². The first-order valence-corrected chi connectivity index (χ1v) is 7.07. The highest BCUT2D eigenvalue weighted by atomic mass is 79.9. The summed E-state index contributed by atoms with van der Waals surface area (Å²) in [4.78, 5) is 1.33. The second-order valence-corrected chi connectivity index (χ2v) is 6.51. The molecule has 0 aliphatic rings. The maximum Gasteiger partial charge on any atom is 0.0701 e. The lowest BCUT2D eigenvalue weighted by molar-refractivity contribution is 0.557. The van der Waals surface area contributed by atoms with Gasteiger partial charge in [0.05, 0.1) is 9.83 Å². The van der Waals surface area contributed by atoms with Gasteiger partial charge in [-0.25, -0.2) is 0 Å². The lowest BCUT2D eigenvalue weighted by Crippen LogP contribution is -2.29. The van der Waals surface area contributed by atoms with E-state index in [1.807, 2.05) is 0 Å². The third-order valence-electron chi connectivity index (χ3n) is 2.18. The number of hydrazine groups is 1. The van der Waals surface area contributed by atoms with E-state index in [2.05, 4.69) is 50.3 Å². The fourth-order valence-electron chi connectivity index (χ4n) is 1.41. The number of hydrogen-bond donors (Lipinski definition) is 2. The monoisotopic (exact) mass is 302 g/mol. The first-order valence-electron chi connectivity index (χ1n) is 4.52. The van der Waals surface area contributed by atoms with Crippen LogP contribution in [0.15, 0.2) is 32.7 Å².